The van der Waals surface area contributed by atoms with Crippen molar-refractivity contribution in [2.45, 2.75) is 27.3 Å². The summed E-state index contributed by atoms with van der Waals surface area (Å²) in [4.78, 5) is 0. The summed E-state index contributed by atoms with van der Waals surface area (Å²) < 4.78 is 2.32. The van der Waals surface area contributed by atoms with E-state index in [4.69, 9.17) is 0 Å². The van der Waals surface area contributed by atoms with Gasteiger partial charge in [0, 0.05) is 24.7 Å². The van der Waals surface area contributed by atoms with Gasteiger partial charge in [-0.25, -0.2) is 0 Å². The van der Waals surface area contributed by atoms with E-state index >= 15 is 0 Å². The molecule has 1 heterocycles. The van der Waals surface area contributed by atoms with Crippen LogP contribution < -0.4 is 5.32 Å². The summed E-state index contributed by atoms with van der Waals surface area (Å²) >= 11 is 0. The highest BCUT2D eigenvalue weighted by molar-refractivity contribution is 5.88. The summed E-state index contributed by atoms with van der Waals surface area (Å²) in [5.41, 5.74) is 6.92. The highest BCUT2D eigenvalue weighted by Gasteiger charge is 2.13. The largest absolute Gasteiger partial charge is 0.346 e. The van der Waals surface area contributed by atoms with Crippen LogP contribution in [0.1, 0.15) is 22.4 Å². The van der Waals surface area contributed by atoms with Crippen molar-refractivity contribution in [3.05, 3.63) is 34.5 Å². The van der Waals surface area contributed by atoms with Gasteiger partial charge in [-0.15, -0.1) is 0 Å². The molecule has 16 heavy (non-hydrogen) atoms. The van der Waals surface area contributed by atoms with Crippen molar-refractivity contribution in [1.82, 2.24) is 9.88 Å². The van der Waals surface area contributed by atoms with Crippen LogP contribution in [-0.2, 0) is 13.6 Å². The van der Waals surface area contributed by atoms with E-state index in [2.05, 4.69) is 49.8 Å². The average Bonchev–Trinajstić information content (AvgIpc) is 2.49. The second-order valence-electron chi connectivity index (χ2n) is 4.56. The standard InChI is InChI=1S/C14H20N2/c1-9-6-7-12-11(3)13(8-15-4)16(5)14(12)10(9)2/h6-7,15H,8H2,1-5H3. The molecular formula is C14H20N2. The van der Waals surface area contributed by atoms with Crippen LogP contribution in [0.25, 0.3) is 10.9 Å². The van der Waals surface area contributed by atoms with Crippen LogP contribution in [-0.4, -0.2) is 11.6 Å². The normalized spacial score (nSPS) is 11.3. The van der Waals surface area contributed by atoms with Gasteiger partial charge in [0.05, 0.1) is 5.52 Å². The van der Waals surface area contributed by atoms with E-state index < -0.39 is 0 Å². The van der Waals surface area contributed by atoms with Gasteiger partial charge < -0.3 is 9.88 Å². The van der Waals surface area contributed by atoms with Crippen LogP contribution in [0.2, 0.25) is 0 Å². The molecule has 0 saturated heterocycles. The van der Waals surface area contributed by atoms with Gasteiger partial charge in [-0.2, -0.15) is 0 Å². The first-order valence-electron chi connectivity index (χ1n) is 5.76. The summed E-state index contributed by atoms with van der Waals surface area (Å²) in [6.07, 6.45) is 0. The Hall–Kier alpha value is -1.28. The highest BCUT2D eigenvalue weighted by atomic mass is 15.0. The van der Waals surface area contributed by atoms with Gasteiger partial charge in [-0.3, -0.25) is 0 Å². The van der Waals surface area contributed by atoms with Crippen LogP contribution in [0.3, 0.4) is 0 Å². The average molecular weight is 216 g/mol. The molecule has 0 bridgehead atoms. The zero-order valence-electron chi connectivity index (χ0n) is 10.8. The van der Waals surface area contributed by atoms with Gasteiger partial charge in [0.15, 0.2) is 0 Å². The van der Waals surface area contributed by atoms with Crippen molar-refractivity contribution < 1.29 is 0 Å². The fraction of sp³-hybridized carbons (Fsp3) is 0.429. The molecule has 0 aliphatic heterocycles. The predicted octanol–water partition coefficient (Wildman–Crippen LogP) is 2.82. The minimum absolute atomic E-state index is 0.926. The van der Waals surface area contributed by atoms with Crippen molar-refractivity contribution in [2.75, 3.05) is 7.05 Å². The van der Waals surface area contributed by atoms with E-state index in [1.165, 1.54) is 33.3 Å². The van der Waals surface area contributed by atoms with E-state index in [1.807, 2.05) is 7.05 Å². The Morgan fingerprint density at radius 3 is 2.44 bits per heavy atom. The molecule has 2 nitrogen and oxygen atoms in total. The lowest BCUT2D eigenvalue weighted by atomic mass is 10.0. The summed E-state index contributed by atoms with van der Waals surface area (Å²) in [6.45, 7) is 7.52. The van der Waals surface area contributed by atoms with Crippen molar-refractivity contribution in [3.63, 3.8) is 0 Å². The van der Waals surface area contributed by atoms with Gasteiger partial charge in [0.1, 0.15) is 0 Å². The first-order chi connectivity index (χ1) is 7.57. The molecule has 2 aromatic rings. The zero-order valence-corrected chi connectivity index (χ0v) is 10.8. The maximum Gasteiger partial charge on any atom is 0.0515 e. The second-order valence-corrected chi connectivity index (χ2v) is 4.56. The second kappa shape index (κ2) is 3.95. The van der Waals surface area contributed by atoms with E-state index in [1.54, 1.807) is 0 Å². The lowest BCUT2D eigenvalue weighted by molar-refractivity contribution is 0.739. The summed E-state index contributed by atoms with van der Waals surface area (Å²) in [5.74, 6) is 0. The van der Waals surface area contributed by atoms with Crippen LogP contribution >= 0.6 is 0 Å². The van der Waals surface area contributed by atoms with E-state index in [0.29, 0.717) is 0 Å². The molecule has 1 N–H and O–H groups in total. The Morgan fingerprint density at radius 1 is 1.12 bits per heavy atom. The lowest BCUT2D eigenvalue weighted by Gasteiger charge is -2.07. The number of rotatable bonds is 2. The molecule has 0 atom stereocenters. The van der Waals surface area contributed by atoms with E-state index in [0.717, 1.165) is 6.54 Å². The number of benzene rings is 1. The monoisotopic (exact) mass is 216 g/mol. The molecule has 0 amide bonds. The van der Waals surface area contributed by atoms with Gasteiger partial charge in [-0.05, 0) is 44.5 Å². The topological polar surface area (TPSA) is 17.0 Å². The zero-order chi connectivity index (χ0) is 11.9. The molecule has 2 heteroatoms. The molecule has 2 rings (SSSR count). The Bertz CT molecular complexity index is 535. The third-order valence-corrected chi connectivity index (χ3v) is 3.62. The Labute approximate surface area is 97.3 Å². The van der Waals surface area contributed by atoms with Gasteiger partial charge in [0.25, 0.3) is 0 Å². The number of fused-ring (bicyclic) bond motifs is 1. The van der Waals surface area contributed by atoms with Crippen molar-refractivity contribution in [3.8, 4) is 0 Å². The van der Waals surface area contributed by atoms with Gasteiger partial charge >= 0.3 is 0 Å². The predicted molar refractivity (Wildman–Crippen MR) is 69.9 cm³/mol. The molecule has 0 fully saturated rings. The molecule has 0 unspecified atom stereocenters. The van der Waals surface area contributed by atoms with Crippen LogP contribution in [0, 0.1) is 20.8 Å². The SMILES string of the molecule is CNCc1c(C)c2ccc(C)c(C)c2n1C. The highest BCUT2D eigenvalue weighted by Crippen LogP contribution is 2.28. The lowest BCUT2D eigenvalue weighted by Crippen LogP contribution is -2.10. The molecule has 1 aromatic heterocycles. The third kappa shape index (κ3) is 1.45. The van der Waals surface area contributed by atoms with Crippen LogP contribution in [0.5, 0.6) is 0 Å². The maximum absolute atomic E-state index is 3.24. The summed E-state index contributed by atoms with van der Waals surface area (Å²) in [6, 6.07) is 4.46. The summed E-state index contributed by atoms with van der Waals surface area (Å²) in [5, 5.41) is 4.62. The fourth-order valence-corrected chi connectivity index (χ4v) is 2.50. The Morgan fingerprint density at radius 2 is 1.81 bits per heavy atom. The molecular weight excluding hydrogens is 196 g/mol. The fourth-order valence-electron chi connectivity index (χ4n) is 2.50. The smallest absolute Gasteiger partial charge is 0.0515 e. The molecule has 0 aliphatic rings. The molecule has 0 aliphatic carbocycles. The minimum atomic E-state index is 0.926. The maximum atomic E-state index is 3.24. The number of nitrogens with zero attached hydrogens (tertiary/aromatic N) is 1. The van der Waals surface area contributed by atoms with Crippen molar-refractivity contribution >= 4 is 10.9 Å². The van der Waals surface area contributed by atoms with Crippen molar-refractivity contribution in [1.29, 1.82) is 0 Å². The number of nitrogens with one attached hydrogen (secondary N) is 1. The van der Waals surface area contributed by atoms with E-state index in [9.17, 15) is 0 Å². The number of aryl methyl sites for hydroxylation is 4. The Balaban J connectivity index is 2.83. The number of hydrogen-bond donors (Lipinski definition) is 1. The molecule has 0 saturated carbocycles. The molecule has 86 valence electrons. The summed E-state index contributed by atoms with van der Waals surface area (Å²) in [7, 11) is 4.16. The molecule has 0 spiro atoms. The van der Waals surface area contributed by atoms with E-state index in [-0.39, 0.29) is 0 Å². The Kier molecular flexibility index (Phi) is 2.76. The number of hydrogen-bond acceptors (Lipinski definition) is 1. The third-order valence-electron chi connectivity index (χ3n) is 3.62. The van der Waals surface area contributed by atoms with Crippen molar-refractivity contribution in [2.24, 2.45) is 7.05 Å². The first-order valence-corrected chi connectivity index (χ1v) is 5.76. The number of aromatic nitrogens is 1. The first kappa shape index (κ1) is 11.2. The van der Waals surface area contributed by atoms with Gasteiger partial charge in [-0.1, -0.05) is 12.1 Å². The van der Waals surface area contributed by atoms with Crippen LogP contribution in [0.4, 0.5) is 0 Å². The minimum Gasteiger partial charge on any atom is -0.346 e. The van der Waals surface area contributed by atoms with Crippen LogP contribution in [0.15, 0.2) is 12.1 Å². The molecule has 1 aromatic carbocycles. The molecule has 0 radical (unpaired) electrons. The van der Waals surface area contributed by atoms with Gasteiger partial charge in [0.2, 0.25) is 0 Å². The quantitative estimate of drug-likeness (QED) is 0.817.